The second-order valence-corrected chi connectivity index (χ2v) is 9.00. The number of rotatable bonds is 5. The molecule has 1 aromatic carbocycles. The summed E-state index contributed by atoms with van der Waals surface area (Å²) < 4.78 is 0. The van der Waals surface area contributed by atoms with E-state index in [4.69, 9.17) is 0 Å². The number of hydrogen-bond acceptors (Lipinski definition) is 5. The van der Waals surface area contributed by atoms with Crippen LogP contribution in [-0.4, -0.2) is 53.1 Å². The van der Waals surface area contributed by atoms with Gasteiger partial charge >= 0.3 is 0 Å². The van der Waals surface area contributed by atoms with Gasteiger partial charge in [0.1, 0.15) is 0 Å². The molecule has 0 unspecified atom stereocenters. The van der Waals surface area contributed by atoms with Crippen molar-refractivity contribution < 1.29 is 9.59 Å². The molecular weight excluding hydrogens is 390 g/mol. The predicted molar refractivity (Wildman–Crippen MR) is 119 cm³/mol. The number of aromatic nitrogens is 2. The summed E-state index contributed by atoms with van der Waals surface area (Å²) in [5, 5.41) is 11.1. The molecule has 3 fully saturated rings. The normalized spacial score (nSPS) is 21.9. The largest absolute Gasteiger partial charge is 0.354 e. The molecule has 0 radical (unpaired) electrons. The Morgan fingerprint density at radius 1 is 0.903 bits per heavy atom. The quantitative estimate of drug-likeness (QED) is 0.806. The zero-order valence-corrected chi connectivity index (χ0v) is 17.7. The molecule has 7 nitrogen and oxygen atoms in total. The van der Waals surface area contributed by atoms with E-state index in [0.29, 0.717) is 24.3 Å². The minimum atomic E-state index is -0.0463. The maximum Gasteiger partial charge on any atom is 0.229 e. The Morgan fingerprint density at radius 3 is 2.35 bits per heavy atom. The van der Waals surface area contributed by atoms with Crippen LogP contribution in [0.15, 0.2) is 42.6 Å². The van der Waals surface area contributed by atoms with Crippen molar-refractivity contribution in [3.63, 3.8) is 0 Å². The standard InChI is InChI=1S/C24H29N5O2/c30-23(20-11-15-29(16-20)22-2-1-12-25-27-22)26-21-7-5-17(6-8-21)18-9-13-28(14-10-18)24(31)19-3-4-19/h1-2,5-8,12,18-20H,3-4,9-11,13-16H2,(H,26,30)/t20-/m0/s1. The van der Waals surface area contributed by atoms with Crippen LogP contribution in [0.25, 0.3) is 0 Å². The topological polar surface area (TPSA) is 78.4 Å². The third kappa shape index (κ3) is 4.55. The lowest BCUT2D eigenvalue weighted by Crippen LogP contribution is -2.38. The Bertz CT molecular complexity index is 921. The summed E-state index contributed by atoms with van der Waals surface area (Å²) in [5.74, 6) is 2.00. The van der Waals surface area contributed by atoms with Gasteiger partial charge in [0.05, 0.1) is 5.92 Å². The molecule has 3 heterocycles. The van der Waals surface area contributed by atoms with Crippen molar-refractivity contribution in [1.82, 2.24) is 15.1 Å². The Labute approximate surface area is 182 Å². The highest BCUT2D eigenvalue weighted by atomic mass is 16.2. The third-order valence-corrected chi connectivity index (χ3v) is 6.82. The Balaban J connectivity index is 1.12. The molecule has 7 heteroatoms. The molecule has 0 spiro atoms. The number of benzene rings is 1. The van der Waals surface area contributed by atoms with Crippen LogP contribution in [-0.2, 0) is 9.59 Å². The smallest absolute Gasteiger partial charge is 0.229 e. The first-order valence-corrected chi connectivity index (χ1v) is 11.4. The van der Waals surface area contributed by atoms with Crippen LogP contribution in [0, 0.1) is 11.8 Å². The molecule has 1 N–H and O–H groups in total. The van der Waals surface area contributed by atoms with Crippen molar-refractivity contribution in [3.8, 4) is 0 Å². The van der Waals surface area contributed by atoms with Crippen molar-refractivity contribution in [1.29, 1.82) is 0 Å². The molecule has 1 atom stereocenters. The first-order chi connectivity index (χ1) is 15.2. The van der Waals surface area contributed by atoms with E-state index in [1.165, 1.54) is 5.56 Å². The lowest BCUT2D eigenvalue weighted by atomic mass is 9.89. The predicted octanol–water partition coefficient (Wildman–Crippen LogP) is 3.06. The maximum absolute atomic E-state index is 12.7. The van der Waals surface area contributed by atoms with Gasteiger partial charge < -0.3 is 15.1 Å². The van der Waals surface area contributed by atoms with Gasteiger partial charge in [-0.05, 0) is 67.9 Å². The van der Waals surface area contributed by atoms with E-state index in [9.17, 15) is 9.59 Å². The van der Waals surface area contributed by atoms with Gasteiger partial charge in [0.25, 0.3) is 0 Å². The van der Waals surface area contributed by atoms with E-state index in [0.717, 1.165) is 63.2 Å². The van der Waals surface area contributed by atoms with E-state index in [1.807, 2.05) is 24.3 Å². The summed E-state index contributed by atoms with van der Waals surface area (Å²) in [7, 11) is 0. The van der Waals surface area contributed by atoms with E-state index in [-0.39, 0.29) is 11.8 Å². The average molecular weight is 420 g/mol. The molecule has 2 amide bonds. The van der Waals surface area contributed by atoms with Gasteiger partial charge in [-0.15, -0.1) is 5.10 Å². The number of piperidine rings is 1. The van der Waals surface area contributed by atoms with Gasteiger partial charge in [0.2, 0.25) is 11.8 Å². The van der Waals surface area contributed by atoms with E-state index in [2.05, 4.69) is 37.4 Å². The minimum Gasteiger partial charge on any atom is -0.354 e. The molecule has 1 aromatic heterocycles. The molecule has 2 aromatic rings. The van der Waals surface area contributed by atoms with Crippen LogP contribution >= 0.6 is 0 Å². The Morgan fingerprint density at radius 2 is 1.68 bits per heavy atom. The maximum atomic E-state index is 12.7. The summed E-state index contributed by atoms with van der Waals surface area (Å²) in [6.45, 7) is 3.21. The average Bonchev–Trinajstić information content (AvgIpc) is 3.55. The molecular formula is C24H29N5O2. The number of carbonyl (C=O) groups is 2. The first-order valence-electron chi connectivity index (χ1n) is 11.4. The van der Waals surface area contributed by atoms with E-state index < -0.39 is 0 Å². The molecule has 2 aliphatic heterocycles. The Kier molecular flexibility index (Phi) is 5.57. The highest BCUT2D eigenvalue weighted by molar-refractivity contribution is 5.93. The second kappa shape index (κ2) is 8.65. The van der Waals surface area contributed by atoms with E-state index >= 15 is 0 Å². The molecule has 162 valence electrons. The summed E-state index contributed by atoms with van der Waals surface area (Å²) >= 11 is 0. The van der Waals surface area contributed by atoms with Crippen molar-refractivity contribution in [2.45, 2.75) is 38.0 Å². The molecule has 1 aliphatic carbocycles. The van der Waals surface area contributed by atoms with Crippen LogP contribution in [0.2, 0.25) is 0 Å². The van der Waals surface area contributed by atoms with Crippen LogP contribution < -0.4 is 10.2 Å². The first kappa shape index (κ1) is 20.0. The monoisotopic (exact) mass is 419 g/mol. The number of amides is 2. The third-order valence-electron chi connectivity index (χ3n) is 6.82. The SMILES string of the molecule is O=C(Nc1ccc(C2CCN(C(=O)C3CC3)CC2)cc1)[C@H]1CCN(c2cccnn2)C1. The zero-order valence-electron chi connectivity index (χ0n) is 17.7. The zero-order chi connectivity index (χ0) is 21.2. The van der Waals surface area contributed by atoms with Crippen molar-refractivity contribution in [3.05, 3.63) is 48.2 Å². The lowest BCUT2D eigenvalue weighted by molar-refractivity contribution is -0.133. The van der Waals surface area contributed by atoms with Gasteiger partial charge in [-0.3, -0.25) is 9.59 Å². The van der Waals surface area contributed by atoms with Crippen LogP contribution in [0.1, 0.15) is 43.6 Å². The van der Waals surface area contributed by atoms with Gasteiger partial charge in [0.15, 0.2) is 5.82 Å². The van der Waals surface area contributed by atoms with Crippen molar-refractivity contribution in [2.75, 3.05) is 36.4 Å². The summed E-state index contributed by atoms with van der Waals surface area (Å²) in [4.78, 5) is 29.1. The number of anilines is 2. The number of hydrogen-bond donors (Lipinski definition) is 1. The summed E-state index contributed by atoms with van der Waals surface area (Å²) in [6, 6.07) is 12.1. The summed E-state index contributed by atoms with van der Waals surface area (Å²) in [6.07, 6.45) is 6.66. The van der Waals surface area contributed by atoms with Gasteiger partial charge in [0, 0.05) is 44.0 Å². The van der Waals surface area contributed by atoms with Crippen LogP contribution in [0.5, 0.6) is 0 Å². The number of nitrogens with one attached hydrogen (secondary N) is 1. The van der Waals surface area contributed by atoms with Gasteiger partial charge in [-0.1, -0.05) is 12.1 Å². The fourth-order valence-corrected chi connectivity index (χ4v) is 4.75. The van der Waals surface area contributed by atoms with Crippen molar-refractivity contribution >= 4 is 23.3 Å². The molecule has 3 aliphatic rings. The number of nitrogens with zero attached hydrogens (tertiary/aromatic N) is 4. The molecule has 0 bridgehead atoms. The molecule has 2 saturated heterocycles. The second-order valence-electron chi connectivity index (χ2n) is 9.00. The fourth-order valence-electron chi connectivity index (χ4n) is 4.75. The molecule has 1 saturated carbocycles. The van der Waals surface area contributed by atoms with Crippen LogP contribution in [0.3, 0.4) is 0 Å². The molecule has 5 rings (SSSR count). The lowest BCUT2D eigenvalue weighted by Gasteiger charge is -2.32. The van der Waals surface area contributed by atoms with E-state index in [1.54, 1.807) is 6.20 Å². The minimum absolute atomic E-state index is 0.0463. The highest BCUT2D eigenvalue weighted by Crippen LogP contribution is 2.34. The van der Waals surface area contributed by atoms with Crippen LogP contribution in [0.4, 0.5) is 11.5 Å². The van der Waals surface area contributed by atoms with Gasteiger partial charge in [-0.25, -0.2) is 0 Å². The fraction of sp³-hybridized carbons (Fsp3) is 0.500. The number of carbonyl (C=O) groups excluding carboxylic acids is 2. The molecule has 31 heavy (non-hydrogen) atoms. The Hall–Kier alpha value is -2.96. The van der Waals surface area contributed by atoms with Crippen molar-refractivity contribution in [2.24, 2.45) is 11.8 Å². The number of likely N-dealkylation sites (tertiary alicyclic amines) is 1. The van der Waals surface area contributed by atoms with Gasteiger partial charge in [-0.2, -0.15) is 5.10 Å². The summed E-state index contributed by atoms with van der Waals surface area (Å²) in [5.41, 5.74) is 2.14. The highest BCUT2D eigenvalue weighted by Gasteiger charge is 2.35.